The van der Waals surface area contributed by atoms with E-state index in [-0.39, 0.29) is 10.9 Å². The van der Waals surface area contributed by atoms with E-state index in [9.17, 15) is 9.18 Å². The molecule has 2 aromatic rings. The van der Waals surface area contributed by atoms with Gasteiger partial charge < -0.3 is 9.47 Å². The zero-order valence-electron chi connectivity index (χ0n) is 13.1. The first-order valence-electron chi connectivity index (χ1n) is 7.38. The van der Waals surface area contributed by atoms with E-state index < -0.39 is 5.82 Å². The zero-order chi connectivity index (χ0) is 16.6. The van der Waals surface area contributed by atoms with Crippen molar-refractivity contribution in [3.8, 4) is 0 Å². The smallest absolute Gasteiger partial charge is 0.271 e. The third kappa shape index (κ3) is 3.23. The van der Waals surface area contributed by atoms with Crippen LogP contribution < -0.4 is 0 Å². The van der Waals surface area contributed by atoms with Crippen LogP contribution in [0.15, 0.2) is 24.4 Å². The molecule has 0 N–H and O–H groups in total. The Morgan fingerprint density at radius 3 is 2.87 bits per heavy atom. The van der Waals surface area contributed by atoms with Crippen LogP contribution in [0.1, 0.15) is 21.9 Å². The molecule has 3 rings (SSSR count). The molecule has 0 atom stereocenters. The summed E-state index contributed by atoms with van der Waals surface area (Å²) in [7, 11) is 3.46. The van der Waals surface area contributed by atoms with Crippen LogP contribution in [0.25, 0.3) is 0 Å². The molecule has 1 aliphatic heterocycles. The van der Waals surface area contributed by atoms with Crippen molar-refractivity contribution in [1.29, 1.82) is 0 Å². The number of benzene rings is 1. The Morgan fingerprint density at radius 2 is 2.17 bits per heavy atom. The van der Waals surface area contributed by atoms with E-state index in [2.05, 4.69) is 9.88 Å². The highest BCUT2D eigenvalue weighted by molar-refractivity contribution is 6.30. The van der Waals surface area contributed by atoms with Gasteiger partial charge in [0.05, 0.1) is 17.8 Å². The summed E-state index contributed by atoms with van der Waals surface area (Å²) in [5.41, 5.74) is 1.48. The lowest BCUT2D eigenvalue weighted by Crippen LogP contribution is -2.35. The maximum atomic E-state index is 13.5. The maximum absolute atomic E-state index is 13.5. The minimum absolute atomic E-state index is 0.0445. The molecule has 1 aromatic carbocycles. The molecule has 0 spiro atoms. The maximum Gasteiger partial charge on any atom is 0.271 e. The lowest BCUT2D eigenvalue weighted by Gasteiger charge is -2.28. The average molecular weight is 337 g/mol. The molecule has 1 aliphatic rings. The van der Waals surface area contributed by atoms with Gasteiger partial charge in [0.1, 0.15) is 17.3 Å². The summed E-state index contributed by atoms with van der Waals surface area (Å²) in [6.45, 7) is 2.73. The van der Waals surface area contributed by atoms with Crippen molar-refractivity contribution in [3.05, 3.63) is 52.3 Å². The molecule has 0 fully saturated rings. The first-order chi connectivity index (χ1) is 11.0. The summed E-state index contributed by atoms with van der Waals surface area (Å²) in [5.74, 6) is 0.411. The highest BCUT2D eigenvalue weighted by Gasteiger charge is 2.23. The van der Waals surface area contributed by atoms with Gasteiger partial charge in [0.25, 0.3) is 5.91 Å². The third-order valence-corrected chi connectivity index (χ3v) is 4.27. The third-order valence-electron chi connectivity index (χ3n) is 3.96. The van der Waals surface area contributed by atoms with Gasteiger partial charge in [0.2, 0.25) is 0 Å². The number of imidazole rings is 1. The Kier molecular flexibility index (Phi) is 4.37. The highest BCUT2D eigenvalue weighted by atomic mass is 35.5. The largest absolute Gasteiger partial charge is 0.343 e. The van der Waals surface area contributed by atoms with Crippen molar-refractivity contribution in [2.75, 3.05) is 20.6 Å². The minimum atomic E-state index is -0.401. The van der Waals surface area contributed by atoms with E-state index >= 15 is 0 Å². The van der Waals surface area contributed by atoms with Crippen LogP contribution in [0.2, 0.25) is 5.02 Å². The number of carbonyl (C=O) groups excluding carboxylic acids is 1. The molecule has 5 nitrogen and oxygen atoms in total. The van der Waals surface area contributed by atoms with Crippen molar-refractivity contribution < 1.29 is 9.18 Å². The van der Waals surface area contributed by atoms with Gasteiger partial charge in [0, 0.05) is 33.7 Å². The molecule has 0 unspecified atom stereocenters. The standard InChI is InChI=1S/C16H18ClFN4O/c1-20(2)16(23)14-8-19-15-10-21(5-6-22(14)15)9-11-3-4-12(17)13(18)7-11/h3-4,7-8H,5-6,9-10H2,1-2H3. The number of hydrogen-bond donors (Lipinski definition) is 0. The van der Waals surface area contributed by atoms with Crippen molar-refractivity contribution in [1.82, 2.24) is 19.4 Å². The summed E-state index contributed by atoms with van der Waals surface area (Å²) in [6, 6.07) is 4.86. The van der Waals surface area contributed by atoms with Crippen LogP contribution in [0.3, 0.4) is 0 Å². The molecule has 2 heterocycles. The summed E-state index contributed by atoms with van der Waals surface area (Å²) in [6.07, 6.45) is 1.63. The van der Waals surface area contributed by atoms with Gasteiger partial charge in [-0.15, -0.1) is 0 Å². The SMILES string of the molecule is CN(C)C(=O)c1cnc2n1CCN(Cc1ccc(Cl)c(F)c1)C2. The van der Waals surface area contributed by atoms with Gasteiger partial charge in [-0.1, -0.05) is 17.7 Å². The first-order valence-corrected chi connectivity index (χ1v) is 7.76. The molecule has 0 aliphatic carbocycles. The lowest BCUT2D eigenvalue weighted by atomic mass is 10.2. The predicted octanol–water partition coefficient (Wildman–Crippen LogP) is 2.39. The molecular weight excluding hydrogens is 319 g/mol. The van der Waals surface area contributed by atoms with Crippen molar-refractivity contribution >= 4 is 17.5 Å². The van der Waals surface area contributed by atoms with Gasteiger partial charge >= 0.3 is 0 Å². The minimum Gasteiger partial charge on any atom is -0.343 e. The number of nitrogens with zero attached hydrogens (tertiary/aromatic N) is 4. The number of rotatable bonds is 3. The first kappa shape index (κ1) is 16.0. The molecule has 1 amide bonds. The fourth-order valence-electron chi connectivity index (χ4n) is 2.74. The Hall–Kier alpha value is -1.92. The monoisotopic (exact) mass is 336 g/mol. The number of aromatic nitrogens is 2. The van der Waals surface area contributed by atoms with Crippen LogP contribution >= 0.6 is 11.6 Å². The molecule has 23 heavy (non-hydrogen) atoms. The van der Waals surface area contributed by atoms with Gasteiger partial charge in [-0.2, -0.15) is 0 Å². The normalized spacial score (nSPS) is 14.6. The highest BCUT2D eigenvalue weighted by Crippen LogP contribution is 2.20. The second kappa shape index (κ2) is 6.29. The van der Waals surface area contributed by atoms with E-state index in [0.717, 1.165) is 17.9 Å². The van der Waals surface area contributed by atoms with E-state index in [1.807, 2.05) is 10.6 Å². The fraction of sp³-hybridized carbons (Fsp3) is 0.375. The van der Waals surface area contributed by atoms with E-state index in [4.69, 9.17) is 11.6 Å². The van der Waals surface area contributed by atoms with Crippen LogP contribution in [-0.4, -0.2) is 45.9 Å². The number of amides is 1. The molecule has 0 bridgehead atoms. The Balaban J connectivity index is 1.73. The van der Waals surface area contributed by atoms with E-state index in [0.29, 0.717) is 25.3 Å². The second-order valence-corrected chi connectivity index (χ2v) is 6.28. The summed E-state index contributed by atoms with van der Waals surface area (Å²) in [5, 5.41) is 0.134. The lowest BCUT2D eigenvalue weighted by molar-refractivity contribution is 0.0812. The van der Waals surface area contributed by atoms with Crippen molar-refractivity contribution in [2.24, 2.45) is 0 Å². The van der Waals surface area contributed by atoms with E-state index in [1.54, 1.807) is 31.3 Å². The zero-order valence-corrected chi connectivity index (χ0v) is 13.8. The number of hydrogen-bond acceptors (Lipinski definition) is 3. The predicted molar refractivity (Wildman–Crippen MR) is 85.8 cm³/mol. The average Bonchev–Trinajstić information content (AvgIpc) is 2.93. The topological polar surface area (TPSA) is 41.4 Å². The van der Waals surface area contributed by atoms with Crippen LogP contribution in [0, 0.1) is 5.82 Å². The number of halogens is 2. The summed E-state index contributed by atoms with van der Waals surface area (Å²) >= 11 is 5.71. The Morgan fingerprint density at radius 1 is 1.39 bits per heavy atom. The van der Waals surface area contributed by atoms with Crippen molar-refractivity contribution in [2.45, 2.75) is 19.6 Å². The van der Waals surface area contributed by atoms with Crippen LogP contribution in [-0.2, 0) is 19.6 Å². The van der Waals surface area contributed by atoms with E-state index in [1.165, 1.54) is 6.07 Å². The molecule has 1 aromatic heterocycles. The quantitative estimate of drug-likeness (QED) is 0.864. The van der Waals surface area contributed by atoms with Gasteiger partial charge in [-0.05, 0) is 17.7 Å². The molecule has 0 saturated carbocycles. The Bertz CT molecular complexity index is 744. The second-order valence-electron chi connectivity index (χ2n) is 5.87. The molecular formula is C16H18ClFN4O. The molecule has 122 valence electrons. The van der Waals surface area contributed by atoms with Crippen LogP contribution in [0.4, 0.5) is 4.39 Å². The van der Waals surface area contributed by atoms with Gasteiger partial charge in [-0.25, -0.2) is 9.37 Å². The molecule has 0 saturated heterocycles. The Labute approximate surface area is 139 Å². The fourth-order valence-corrected chi connectivity index (χ4v) is 2.86. The van der Waals surface area contributed by atoms with Gasteiger partial charge in [0.15, 0.2) is 0 Å². The van der Waals surface area contributed by atoms with Gasteiger partial charge in [-0.3, -0.25) is 9.69 Å². The number of fused-ring (bicyclic) bond motifs is 1. The summed E-state index contributed by atoms with van der Waals surface area (Å²) in [4.78, 5) is 20.2. The number of carbonyl (C=O) groups is 1. The van der Waals surface area contributed by atoms with Crippen LogP contribution in [0.5, 0.6) is 0 Å². The summed E-state index contributed by atoms with van der Waals surface area (Å²) < 4.78 is 15.5. The molecule has 0 radical (unpaired) electrons. The van der Waals surface area contributed by atoms with Crippen molar-refractivity contribution in [3.63, 3.8) is 0 Å². The molecule has 7 heteroatoms.